The highest BCUT2D eigenvalue weighted by molar-refractivity contribution is 7.92. The monoisotopic (exact) mass is 471 g/mol. The number of aryl methyl sites for hydroxylation is 1. The predicted molar refractivity (Wildman–Crippen MR) is 126 cm³/mol. The van der Waals surface area contributed by atoms with E-state index in [1.165, 1.54) is 41.7 Å². The Balaban J connectivity index is 1.61. The Hall–Kier alpha value is -2.94. The third-order valence-electron chi connectivity index (χ3n) is 4.64. The van der Waals surface area contributed by atoms with E-state index in [1.54, 1.807) is 18.2 Å². The first-order valence-corrected chi connectivity index (χ1v) is 12.1. The molecule has 0 fully saturated rings. The number of nitrogens with one attached hydrogen (secondary N) is 2. The van der Waals surface area contributed by atoms with Gasteiger partial charge in [0.1, 0.15) is 0 Å². The summed E-state index contributed by atoms with van der Waals surface area (Å²) in [4.78, 5) is 17.5. The smallest absolute Gasteiger partial charge is 0.261 e. The third kappa shape index (κ3) is 4.56. The van der Waals surface area contributed by atoms with E-state index in [0.717, 1.165) is 22.2 Å². The van der Waals surface area contributed by atoms with Crippen molar-refractivity contribution < 1.29 is 13.2 Å². The van der Waals surface area contributed by atoms with E-state index in [-0.39, 0.29) is 16.1 Å². The number of aromatic nitrogens is 1. The number of rotatable bonds is 6. The lowest BCUT2D eigenvalue weighted by Crippen LogP contribution is -2.18. The number of thiazole rings is 1. The predicted octanol–water partition coefficient (Wildman–Crippen LogP) is 5.57. The summed E-state index contributed by atoms with van der Waals surface area (Å²) in [5, 5.41) is 3.67. The molecule has 1 amide bonds. The first-order chi connectivity index (χ1) is 14.9. The molecular formula is C22H18ClN3O3S2. The molecule has 0 aliphatic heterocycles. The number of carbonyl (C=O) groups excluding carboxylic acids is 1. The SMILES string of the molecule is CCc1cccc2sc(NC(=O)c3ccccc3NS(=O)(=O)c3ccc(Cl)cc3)nc12. The Morgan fingerprint density at radius 1 is 1.03 bits per heavy atom. The number of halogens is 1. The molecule has 2 N–H and O–H groups in total. The number of nitrogens with zero attached hydrogens (tertiary/aromatic N) is 1. The number of hydrogen-bond acceptors (Lipinski definition) is 5. The first kappa shape index (κ1) is 21.3. The molecular weight excluding hydrogens is 454 g/mol. The molecule has 9 heteroatoms. The Kier molecular flexibility index (Phi) is 5.95. The molecule has 1 aromatic heterocycles. The number of fused-ring (bicyclic) bond motifs is 1. The second-order valence-electron chi connectivity index (χ2n) is 6.70. The van der Waals surface area contributed by atoms with Gasteiger partial charge in [-0.1, -0.05) is 54.1 Å². The van der Waals surface area contributed by atoms with E-state index in [0.29, 0.717) is 10.2 Å². The van der Waals surface area contributed by atoms with Crippen molar-refractivity contribution in [2.75, 3.05) is 10.0 Å². The maximum atomic E-state index is 12.9. The van der Waals surface area contributed by atoms with E-state index < -0.39 is 15.9 Å². The molecule has 158 valence electrons. The van der Waals surface area contributed by atoms with Gasteiger partial charge in [0.2, 0.25) is 0 Å². The number of hydrogen-bond donors (Lipinski definition) is 2. The molecule has 0 atom stereocenters. The van der Waals surface area contributed by atoms with Crippen LogP contribution in [0.2, 0.25) is 5.02 Å². The lowest BCUT2D eigenvalue weighted by Gasteiger charge is -2.12. The minimum Gasteiger partial charge on any atom is -0.298 e. The van der Waals surface area contributed by atoms with Crippen LogP contribution in [0.15, 0.2) is 71.6 Å². The molecule has 0 saturated carbocycles. The average molecular weight is 472 g/mol. The van der Waals surface area contributed by atoms with Gasteiger partial charge >= 0.3 is 0 Å². The van der Waals surface area contributed by atoms with Gasteiger partial charge in [0.05, 0.1) is 26.4 Å². The normalized spacial score (nSPS) is 11.4. The highest BCUT2D eigenvalue weighted by Gasteiger charge is 2.19. The van der Waals surface area contributed by atoms with Crippen molar-refractivity contribution in [3.63, 3.8) is 0 Å². The molecule has 3 aromatic carbocycles. The van der Waals surface area contributed by atoms with Crippen molar-refractivity contribution in [3.05, 3.63) is 82.9 Å². The molecule has 0 spiro atoms. The second-order valence-corrected chi connectivity index (χ2v) is 9.85. The van der Waals surface area contributed by atoms with Crippen LogP contribution in [0.5, 0.6) is 0 Å². The highest BCUT2D eigenvalue weighted by atomic mass is 35.5. The van der Waals surface area contributed by atoms with Crippen LogP contribution >= 0.6 is 22.9 Å². The number of para-hydroxylation sites is 2. The number of amides is 1. The average Bonchev–Trinajstić information content (AvgIpc) is 3.16. The first-order valence-electron chi connectivity index (χ1n) is 9.44. The van der Waals surface area contributed by atoms with Crippen molar-refractivity contribution in [2.24, 2.45) is 0 Å². The largest absolute Gasteiger partial charge is 0.298 e. The Morgan fingerprint density at radius 3 is 2.52 bits per heavy atom. The number of benzene rings is 3. The summed E-state index contributed by atoms with van der Waals surface area (Å²) in [7, 11) is -3.89. The molecule has 1 heterocycles. The van der Waals surface area contributed by atoms with Gasteiger partial charge in [-0.15, -0.1) is 0 Å². The van der Waals surface area contributed by atoms with Gasteiger partial charge in [-0.2, -0.15) is 0 Å². The zero-order chi connectivity index (χ0) is 22.0. The van der Waals surface area contributed by atoms with Gasteiger partial charge in [0.25, 0.3) is 15.9 Å². The standard InChI is InChI=1S/C22H18ClN3O3S2/c1-2-14-6-5-9-19-20(14)24-22(30-19)25-21(27)17-7-3-4-8-18(17)26-31(28,29)16-12-10-15(23)11-13-16/h3-13,26H,2H2,1H3,(H,24,25,27). The zero-order valence-electron chi connectivity index (χ0n) is 16.4. The van der Waals surface area contributed by atoms with Crippen LogP contribution in [0.4, 0.5) is 10.8 Å². The van der Waals surface area contributed by atoms with Crippen LogP contribution in [0.3, 0.4) is 0 Å². The summed E-state index contributed by atoms with van der Waals surface area (Å²) in [5.74, 6) is -0.452. The number of carbonyl (C=O) groups is 1. The number of anilines is 2. The van der Waals surface area contributed by atoms with E-state index in [2.05, 4.69) is 21.9 Å². The van der Waals surface area contributed by atoms with Gasteiger partial charge in [-0.25, -0.2) is 13.4 Å². The summed E-state index contributed by atoms with van der Waals surface area (Å²) < 4.78 is 28.9. The van der Waals surface area contributed by atoms with Crippen molar-refractivity contribution >= 4 is 59.9 Å². The van der Waals surface area contributed by atoms with Crippen LogP contribution < -0.4 is 10.0 Å². The lowest BCUT2D eigenvalue weighted by atomic mass is 10.1. The Labute approximate surface area is 189 Å². The maximum Gasteiger partial charge on any atom is 0.261 e. The van der Waals surface area contributed by atoms with E-state index >= 15 is 0 Å². The topological polar surface area (TPSA) is 88.2 Å². The minimum atomic E-state index is -3.89. The minimum absolute atomic E-state index is 0.0466. The molecule has 0 aliphatic rings. The molecule has 6 nitrogen and oxygen atoms in total. The summed E-state index contributed by atoms with van der Waals surface area (Å²) in [6.45, 7) is 2.05. The molecule has 0 aliphatic carbocycles. The summed E-state index contributed by atoms with van der Waals surface area (Å²) in [5.41, 5.74) is 2.33. The molecule has 4 aromatic rings. The maximum absolute atomic E-state index is 12.9. The molecule has 31 heavy (non-hydrogen) atoms. The van der Waals surface area contributed by atoms with Gasteiger partial charge in [0.15, 0.2) is 5.13 Å². The zero-order valence-corrected chi connectivity index (χ0v) is 18.8. The van der Waals surface area contributed by atoms with Crippen LogP contribution in [-0.2, 0) is 16.4 Å². The summed E-state index contributed by atoms with van der Waals surface area (Å²) >= 11 is 7.21. The molecule has 0 unspecified atom stereocenters. The number of sulfonamides is 1. The fourth-order valence-corrected chi connectivity index (χ4v) is 5.21. The molecule has 0 radical (unpaired) electrons. The molecule has 4 rings (SSSR count). The van der Waals surface area contributed by atoms with Crippen molar-refractivity contribution in [1.82, 2.24) is 4.98 Å². The van der Waals surface area contributed by atoms with Crippen molar-refractivity contribution in [1.29, 1.82) is 0 Å². The van der Waals surface area contributed by atoms with Gasteiger partial charge in [0, 0.05) is 5.02 Å². The highest BCUT2D eigenvalue weighted by Crippen LogP contribution is 2.29. The van der Waals surface area contributed by atoms with Crippen LogP contribution in [0.25, 0.3) is 10.2 Å². The van der Waals surface area contributed by atoms with Crippen molar-refractivity contribution in [3.8, 4) is 0 Å². The third-order valence-corrected chi connectivity index (χ3v) is 7.21. The lowest BCUT2D eigenvalue weighted by molar-refractivity contribution is 0.102. The van der Waals surface area contributed by atoms with E-state index in [1.807, 2.05) is 18.2 Å². The van der Waals surface area contributed by atoms with Crippen LogP contribution in [-0.4, -0.2) is 19.3 Å². The van der Waals surface area contributed by atoms with Crippen LogP contribution in [0, 0.1) is 0 Å². The quantitative estimate of drug-likeness (QED) is 0.385. The van der Waals surface area contributed by atoms with Gasteiger partial charge < -0.3 is 0 Å². The van der Waals surface area contributed by atoms with Crippen molar-refractivity contribution in [2.45, 2.75) is 18.2 Å². The fraction of sp³-hybridized carbons (Fsp3) is 0.0909. The molecule has 0 saturated heterocycles. The van der Waals surface area contributed by atoms with E-state index in [4.69, 9.17) is 11.6 Å². The van der Waals surface area contributed by atoms with Gasteiger partial charge in [-0.3, -0.25) is 14.8 Å². The Morgan fingerprint density at radius 2 is 1.77 bits per heavy atom. The van der Waals surface area contributed by atoms with Crippen LogP contribution in [0.1, 0.15) is 22.8 Å². The summed E-state index contributed by atoms with van der Waals surface area (Å²) in [6, 6.07) is 18.1. The Bertz CT molecular complexity index is 1370. The summed E-state index contributed by atoms with van der Waals surface area (Å²) in [6.07, 6.45) is 0.837. The second kappa shape index (κ2) is 8.66. The molecule has 0 bridgehead atoms. The fourth-order valence-electron chi connectivity index (χ4n) is 3.10. The van der Waals surface area contributed by atoms with Gasteiger partial charge in [-0.05, 0) is 54.4 Å². The van der Waals surface area contributed by atoms with E-state index in [9.17, 15) is 13.2 Å².